The van der Waals surface area contributed by atoms with Crippen LogP contribution < -0.4 is 10.1 Å². The van der Waals surface area contributed by atoms with E-state index in [4.69, 9.17) is 14.5 Å². The molecule has 1 aromatic carbocycles. The minimum atomic E-state index is -4.24. The van der Waals surface area contributed by atoms with Gasteiger partial charge in [-0.3, -0.25) is 4.52 Å². The zero-order valence-corrected chi connectivity index (χ0v) is 17.5. The Balaban J connectivity index is 0.000000511. The van der Waals surface area contributed by atoms with Gasteiger partial charge in [0.25, 0.3) is 0 Å². The summed E-state index contributed by atoms with van der Waals surface area (Å²) in [7, 11) is -2.71. The molecule has 1 amide bonds. The molecule has 1 aromatic rings. The van der Waals surface area contributed by atoms with Crippen molar-refractivity contribution in [2.24, 2.45) is 0 Å². The highest BCUT2D eigenvalue weighted by Gasteiger charge is 2.12. The van der Waals surface area contributed by atoms with E-state index in [2.05, 4.69) is 16.8 Å². The number of hydrogen-bond donors (Lipinski definition) is 3. The summed E-state index contributed by atoms with van der Waals surface area (Å²) in [6.07, 6.45) is 8.77. The standard InChI is InChI=1S/C10H23O4P.C9H11NO2/c1-2-3-4-5-6-7-8-9-10-14-15(11,12)13;1-7-4-3-5-8(6-7)12-9(11)10-2/h2-10H2,1H3,(H2,11,12,13);3-6H,1-2H3,(H,10,11). The topological polar surface area (TPSA) is 105 Å². The molecule has 0 saturated carbocycles. The van der Waals surface area contributed by atoms with Crippen LogP contribution in [0.3, 0.4) is 0 Å². The van der Waals surface area contributed by atoms with Gasteiger partial charge in [0, 0.05) is 7.05 Å². The van der Waals surface area contributed by atoms with Crippen molar-refractivity contribution in [1.82, 2.24) is 5.32 Å². The highest BCUT2D eigenvalue weighted by Crippen LogP contribution is 2.35. The van der Waals surface area contributed by atoms with E-state index >= 15 is 0 Å². The number of unbranched alkanes of at least 4 members (excludes halogenated alkanes) is 7. The van der Waals surface area contributed by atoms with E-state index in [1.807, 2.05) is 19.1 Å². The highest BCUT2D eigenvalue weighted by molar-refractivity contribution is 7.46. The van der Waals surface area contributed by atoms with Gasteiger partial charge >= 0.3 is 13.9 Å². The van der Waals surface area contributed by atoms with Gasteiger partial charge < -0.3 is 19.8 Å². The van der Waals surface area contributed by atoms with Crippen molar-refractivity contribution in [3.63, 3.8) is 0 Å². The molecule has 0 aromatic heterocycles. The van der Waals surface area contributed by atoms with Gasteiger partial charge in [0.05, 0.1) is 6.61 Å². The molecule has 0 radical (unpaired) electrons. The van der Waals surface area contributed by atoms with Gasteiger partial charge in [0.2, 0.25) is 0 Å². The number of phosphoric ester groups is 1. The fourth-order valence-corrected chi connectivity index (χ4v) is 2.62. The molecule has 0 heterocycles. The third-order valence-electron chi connectivity index (χ3n) is 3.66. The van der Waals surface area contributed by atoms with E-state index in [1.165, 1.54) is 39.2 Å². The molecule has 0 aliphatic rings. The molecule has 0 aliphatic carbocycles. The summed E-state index contributed by atoms with van der Waals surface area (Å²) in [5.41, 5.74) is 1.07. The monoisotopic (exact) mass is 403 g/mol. The number of nitrogens with one attached hydrogen (secondary N) is 1. The zero-order chi connectivity index (χ0) is 20.5. The Labute approximate surface area is 162 Å². The van der Waals surface area contributed by atoms with Crippen molar-refractivity contribution >= 4 is 13.9 Å². The second kappa shape index (κ2) is 15.6. The molecule has 0 saturated heterocycles. The van der Waals surface area contributed by atoms with Crippen molar-refractivity contribution in [3.8, 4) is 5.75 Å². The van der Waals surface area contributed by atoms with Crippen molar-refractivity contribution in [3.05, 3.63) is 29.8 Å². The lowest BCUT2D eigenvalue weighted by molar-refractivity contribution is 0.193. The van der Waals surface area contributed by atoms with E-state index in [0.717, 1.165) is 24.8 Å². The van der Waals surface area contributed by atoms with Crippen LogP contribution in [0.1, 0.15) is 63.9 Å². The Bertz CT molecular complexity index is 561. The molecule has 0 bridgehead atoms. The van der Waals surface area contributed by atoms with Crippen molar-refractivity contribution in [1.29, 1.82) is 0 Å². The van der Waals surface area contributed by atoms with Crippen LogP contribution in [-0.2, 0) is 9.09 Å². The fourth-order valence-electron chi connectivity index (χ4n) is 2.26. The van der Waals surface area contributed by atoms with E-state index in [0.29, 0.717) is 5.75 Å². The summed E-state index contributed by atoms with van der Waals surface area (Å²) in [5, 5.41) is 2.37. The average molecular weight is 403 g/mol. The van der Waals surface area contributed by atoms with Crippen LogP contribution >= 0.6 is 7.82 Å². The molecule has 3 N–H and O–H groups in total. The van der Waals surface area contributed by atoms with E-state index in [9.17, 15) is 9.36 Å². The predicted molar refractivity (Wildman–Crippen MR) is 107 cm³/mol. The number of rotatable bonds is 11. The molecule has 1 rings (SSSR count). The van der Waals surface area contributed by atoms with Crippen molar-refractivity contribution in [2.75, 3.05) is 13.7 Å². The highest BCUT2D eigenvalue weighted by atomic mass is 31.2. The van der Waals surface area contributed by atoms with Gasteiger partial charge in [0.1, 0.15) is 5.75 Å². The van der Waals surface area contributed by atoms with Crippen LogP contribution in [0.15, 0.2) is 24.3 Å². The van der Waals surface area contributed by atoms with Crippen LogP contribution in [-0.4, -0.2) is 29.5 Å². The first-order chi connectivity index (χ1) is 12.8. The number of phosphoric acid groups is 1. The summed E-state index contributed by atoms with van der Waals surface area (Å²) in [6, 6.07) is 7.32. The maximum Gasteiger partial charge on any atom is 0.469 e. The second-order valence-corrected chi connectivity index (χ2v) is 7.49. The fraction of sp³-hybridized carbons (Fsp3) is 0.632. The SMILES string of the molecule is CCCCCCCCCCOP(=O)(O)O.CNC(=O)Oc1cccc(C)c1. The van der Waals surface area contributed by atoms with E-state index in [-0.39, 0.29) is 6.61 Å². The number of carbonyl (C=O) groups is 1. The van der Waals surface area contributed by atoms with Gasteiger partial charge in [-0.25, -0.2) is 9.36 Å². The first-order valence-electron chi connectivity index (χ1n) is 9.44. The van der Waals surface area contributed by atoms with Gasteiger partial charge in [-0.2, -0.15) is 0 Å². The second-order valence-electron chi connectivity index (χ2n) is 6.25. The Kier molecular flexibility index (Phi) is 14.8. The maximum atomic E-state index is 10.8. The lowest BCUT2D eigenvalue weighted by Crippen LogP contribution is -2.21. The summed E-state index contributed by atoms with van der Waals surface area (Å²) in [5.74, 6) is 0.564. The van der Waals surface area contributed by atoms with Crippen molar-refractivity contribution < 1.29 is 28.4 Å². The summed E-state index contributed by atoms with van der Waals surface area (Å²) < 4.78 is 19.5. The average Bonchev–Trinajstić information content (AvgIpc) is 2.60. The molecule has 0 spiro atoms. The number of amides is 1. The van der Waals surface area contributed by atoms with Crippen LogP contribution in [0, 0.1) is 6.92 Å². The predicted octanol–water partition coefficient (Wildman–Crippen LogP) is 4.95. The first kappa shape index (κ1) is 25.6. The molecule has 7 nitrogen and oxygen atoms in total. The number of ether oxygens (including phenoxy) is 1. The third kappa shape index (κ3) is 17.8. The Morgan fingerprint density at radius 2 is 1.67 bits per heavy atom. The minimum absolute atomic E-state index is 0.166. The number of aryl methyl sites for hydroxylation is 1. The normalized spacial score (nSPS) is 10.7. The molecule has 156 valence electrons. The number of hydrogen-bond acceptors (Lipinski definition) is 4. The molecule has 0 aliphatic heterocycles. The number of benzene rings is 1. The molecule has 0 unspecified atom stereocenters. The maximum absolute atomic E-state index is 10.8. The summed E-state index contributed by atoms with van der Waals surface area (Å²) >= 11 is 0. The summed E-state index contributed by atoms with van der Waals surface area (Å²) in [4.78, 5) is 27.6. The van der Waals surface area contributed by atoms with Gasteiger partial charge in [-0.1, -0.05) is 64.0 Å². The molecule has 27 heavy (non-hydrogen) atoms. The summed E-state index contributed by atoms with van der Waals surface area (Å²) in [6.45, 7) is 4.30. The Morgan fingerprint density at radius 3 is 2.19 bits per heavy atom. The van der Waals surface area contributed by atoms with E-state index < -0.39 is 13.9 Å². The third-order valence-corrected chi connectivity index (χ3v) is 4.18. The lowest BCUT2D eigenvalue weighted by Gasteiger charge is -2.04. The Hall–Kier alpha value is -1.40. The minimum Gasteiger partial charge on any atom is -0.410 e. The van der Waals surface area contributed by atoms with Crippen LogP contribution in [0.25, 0.3) is 0 Å². The Morgan fingerprint density at radius 1 is 1.07 bits per heavy atom. The number of carbonyl (C=O) groups excluding carboxylic acids is 1. The molecule has 8 heteroatoms. The lowest BCUT2D eigenvalue weighted by atomic mass is 10.1. The van der Waals surface area contributed by atoms with Crippen LogP contribution in [0.2, 0.25) is 0 Å². The van der Waals surface area contributed by atoms with Gasteiger partial charge in [-0.05, 0) is 31.0 Å². The van der Waals surface area contributed by atoms with E-state index in [1.54, 1.807) is 12.1 Å². The van der Waals surface area contributed by atoms with Crippen LogP contribution in [0.5, 0.6) is 5.75 Å². The molecular weight excluding hydrogens is 369 g/mol. The first-order valence-corrected chi connectivity index (χ1v) is 11.0. The largest absolute Gasteiger partial charge is 0.469 e. The van der Waals surface area contributed by atoms with Gasteiger partial charge in [0.15, 0.2) is 0 Å². The van der Waals surface area contributed by atoms with Gasteiger partial charge in [-0.15, -0.1) is 0 Å². The smallest absolute Gasteiger partial charge is 0.410 e. The molecular formula is C19H34NO6P. The quantitative estimate of drug-likeness (QED) is 0.357. The van der Waals surface area contributed by atoms with Crippen molar-refractivity contribution in [2.45, 2.75) is 65.2 Å². The molecule has 0 atom stereocenters. The zero-order valence-electron chi connectivity index (χ0n) is 16.6. The molecule has 0 fully saturated rings. The van der Waals surface area contributed by atoms with Crippen LogP contribution in [0.4, 0.5) is 4.79 Å².